The number of ether oxygens (including phenoxy) is 1. The Kier molecular flexibility index (Phi) is 11.9. The van der Waals surface area contributed by atoms with Gasteiger partial charge in [-0.1, -0.05) is 46.2 Å². The number of methoxy groups -OCH3 is 1. The molecule has 0 aliphatic rings. The van der Waals surface area contributed by atoms with E-state index in [1.165, 1.54) is 12.8 Å². The maximum Gasteiger partial charge on any atom is 0.168 e. The van der Waals surface area contributed by atoms with Crippen LogP contribution in [-0.2, 0) is 4.79 Å². The summed E-state index contributed by atoms with van der Waals surface area (Å²) in [6.45, 7) is 6.27. The Balaban J connectivity index is 0. The molecule has 0 unspecified atom stereocenters. The van der Waals surface area contributed by atoms with E-state index in [1.807, 2.05) is 25.1 Å². The summed E-state index contributed by atoms with van der Waals surface area (Å²) in [6.07, 6.45) is 3.39. The van der Waals surface area contributed by atoms with Gasteiger partial charge in [0.15, 0.2) is 6.29 Å². The standard InChI is InChI=1S/C11H13NO2.C4H10.CH4/c1-8-9(10(7-13)12-2)5-4-6-11(8)14-3;1-3-4-2;/h4-7H,1-3H3;3-4H2,1-2H3;1H4. The number of carbonyl (C=O) groups excluding carboxylic acids is 1. The highest BCUT2D eigenvalue weighted by atomic mass is 16.5. The molecule has 0 aliphatic carbocycles. The summed E-state index contributed by atoms with van der Waals surface area (Å²) in [5.41, 5.74) is 2.20. The van der Waals surface area contributed by atoms with Crippen LogP contribution in [0.5, 0.6) is 5.75 Å². The smallest absolute Gasteiger partial charge is 0.168 e. The minimum absolute atomic E-state index is 0. The fourth-order valence-corrected chi connectivity index (χ4v) is 1.35. The van der Waals surface area contributed by atoms with Crippen molar-refractivity contribution in [2.24, 2.45) is 4.99 Å². The largest absolute Gasteiger partial charge is 0.496 e. The minimum atomic E-state index is 0. The van der Waals surface area contributed by atoms with Crippen LogP contribution in [0.4, 0.5) is 0 Å². The van der Waals surface area contributed by atoms with Gasteiger partial charge in [0.25, 0.3) is 0 Å². The predicted molar refractivity (Wildman–Crippen MR) is 83.6 cm³/mol. The number of hydrogen-bond acceptors (Lipinski definition) is 3. The van der Waals surface area contributed by atoms with Gasteiger partial charge >= 0.3 is 0 Å². The third-order valence-electron chi connectivity index (χ3n) is 2.63. The van der Waals surface area contributed by atoms with E-state index in [0.29, 0.717) is 5.71 Å². The van der Waals surface area contributed by atoms with Gasteiger partial charge in [-0.3, -0.25) is 9.79 Å². The van der Waals surface area contributed by atoms with Crippen molar-refractivity contribution in [2.75, 3.05) is 14.2 Å². The molecule has 0 fully saturated rings. The van der Waals surface area contributed by atoms with E-state index in [9.17, 15) is 4.79 Å². The Bertz CT molecular complexity index is 396. The molecule has 3 nitrogen and oxygen atoms in total. The molecule has 0 atom stereocenters. The lowest BCUT2D eigenvalue weighted by atomic mass is 10.0. The van der Waals surface area contributed by atoms with Gasteiger partial charge in [0.05, 0.1) is 7.11 Å². The summed E-state index contributed by atoms with van der Waals surface area (Å²) in [7, 11) is 3.21. The number of benzene rings is 1. The first kappa shape index (κ1) is 19.7. The Labute approximate surface area is 117 Å². The third-order valence-corrected chi connectivity index (χ3v) is 2.63. The Morgan fingerprint density at radius 1 is 1.32 bits per heavy atom. The van der Waals surface area contributed by atoms with Gasteiger partial charge in [-0.15, -0.1) is 0 Å². The van der Waals surface area contributed by atoms with Crippen molar-refractivity contribution in [1.29, 1.82) is 0 Å². The van der Waals surface area contributed by atoms with E-state index < -0.39 is 0 Å². The van der Waals surface area contributed by atoms with Crippen molar-refractivity contribution >= 4 is 12.0 Å². The van der Waals surface area contributed by atoms with Crippen LogP contribution in [-0.4, -0.2) is 26.2 Å². The number of carbonyl (C=O) groups is 1. The molecule has 0 saturated carbocycles. The number of unbranched alkanes of at least 4 members (excludes halogenated alkanes) is 1. The van der Waals surface area contributed by atoms with Crippen molar-refractivity contribution in [3.8, 4) is 5.75 Å². The molecule has 0 bridgehead atoms. The zero-order valence-electron chi connectivity index (χ0n) is 12.0. The van der Waals surface area contributed by atoms with Crippen LogP contribution in [0, 0.1) is 6.92 Å². The quantitative estimate of drug-likeness (QED) is 0.608. The van der Waals surface area contributed by atoms with Crippen molar-refractivity contribution in [2.45, 2.75) is 41.0 Å². The van der Waals surface area contributed by atoms with E-state index in [1.54, 1.807) is 14.2 Å². The Hall–Kier alpha value is -1.64. The monoisotopic (exact) mass is 265 g/mol. The van der Waals surface area contributed by atoms with Crippen molar-refractivity contribution < 1.29 is 9.53 Å². The summed E-state index contributed by atoms with van der Waals surface area (Å²) < 4.78 is 5.15. The molecular weight excluding hydrogens is 238 g/mol. The highest BCUT2D eigenvalue weighted by molar-refractivity contribution is 6.36. The number of hydrogen-bond donors (Lipinski definition) is 0. The molecule has 3 heteroatoms. The third kappa shape index (κ3) is 6.18. The molecule has 19 heavy (non-hydrogen) atoms. The molecule has 0 amide bonds. The number of rotatable bonds is 4. The lowest BCUT2D eigenvalue weighted by Crippen LogP contribution is -2.05. The molecule has 0 saturated heterocycles. The summed E-state index contributed by atoms with van der Waals surface area (Å²) in [6, 6.07) is 5.56. The Morgan fingerprint density at radius 3 is 2.26 bits per heavy atom. The van der Waals surface area contributed by atoms with Gasteiger partial charge in [0, 0.05) is 18.2 Å². The van der Waals surface area contributed by atoms with E-state index >= 15 is 0 Å². The van der Waals surface area contributed by atoms with Gasteiger partial charge in [-0.05, 0) is 13.0 Å². The zero-order valence-corrected chi connectivity index (χ0v) is 12.0. The number of aldehydes is 1. The zero-order chi connectivity index (χ0) is 14.0. The van der Waals surface area contributed by atoms with Crippen molar-refractivity contribution in [3.05, 3.63) is 29.3 Å². The second kappa shape index (κ2) is 11.5. The molecule has 0 N–H and O–H groups in total. The van der Waals surface area contributed by atoms with Gasteiger partial charge in [-0.25, -0.2) is 0 Å². The highest BCUT2D eigenvalue weighted by Crippen LogP contribution is 2.20. The summed E-state index contributed by atoms with van der Waals surface area (Å²) in [5, 5.41) is 0. The second-order valence-corrected chi connectivity index (χ2v) is 3.86. The SMILES string of the molecule is C.CCCC.CN=C(C=O)c1cccc(OC)c1C. The molecule has 1 rings (SSSR count). The van der Waals surface area contributed by atoms with E-state index in [2.05, 4.69) is 18.8 Å². The van der Waals surface area contributed by atoms with Crippen LogP contribution < -0.4 is 4.74 Å². The van der Waals surface area contributed by atoms with Crippen molar-refractivity contribution in [1.82, 2.24) is 0 Å². The molecule has 1 aromatic rings. The first-order chi connectivity index (χ1) is 8.65. The van der Waals surface area contributed by atoms with Crippen molar-refractivity contribution in [3.63, 3.8) is 0 Å². The van der Waals surface area contributed by atoms with Crippen LogP contribution in [0.1, 0.15) is 45.2 Å². The molecule has 0 aromatic heterocycles. The lowest BCUT2D eigenvalue weighted by molar-refractivity contribution is -0.102. The van der Waals surface area contributed by atoms with Crippen LogP contribution in [0.25, 0.3) is 0 Å². The first-order valence-corrected chi connectivity index (χ1v) is 6.22. The molecule has 0 radical (unpaired) electrons. The summed E-state index contributed by atoms with van der Waals surface area (Å²) >= 11 is 0. The average molecular weight is 265 g/mol. The predicted octanol–water partition coefficient (Wildman–Crippen LogP) is 4.06. The Morgan fingerprint density at radius 2 is 1.89 bits per heavy atom. The molecule has 1 aromatic carbocycles. The lowest BCUT2D eigenvalue weighted by Gasteiger charge is -2.08. The maximum atomic E-state index is 10.7. The molecule has 0 heterocycles. The van der Waals surface area contributed by atoms with E-state index in [-0.39, 0.29) is 7.43 Å². The van der Waals surface area contributed by atoms with E-state index in [0.717, 1.165) is 23.2 Å². The van der Waals surface area contributed by atoms with Gasteiger partial charge in [-0.2, -0.15) is 0 Å². The maximum absolute atomic E-state index is 10.7. The second-order valence-electron chi connectivity index (χ2n) is 3.86. The summed E-state index contributed by atoms with van der Waals surface area (Å²) in [5.74, 6) is 0.769. The van der Waals surface area contributed by atoms with Crippen LogP contribution in [0.2, 0.25) is 0 Å². The molecule has 0 spiro atoms. The topological polar surface area (TPSA) is 38.7 Å². The van der Waals surface area contributed by atoms with Crippen LogP contribution >= 0.6 is 0 Å². The average Bonchev–Trinajstić information content (AvgIpc) is 2.42. The van der Waals surface area contributed by atoms with Crippen LogP contribution in [0.3, 0.4) is 0 Å². The van der Waals surface area contributed by atoms with Gasteiger partial charge < -0.3 is 4.74 Å². The fourth-order valence-electron chi connectivity index (χ4n) is 1.35. The normalized spacial score (nSPS) is 9.84. The molecule has 0 aliphatic heterocycles. The van der Waals surface area contributed by atoms with E-state index in [4.69, 9.17) is 4.74 Å². The minimum Gasteiger partial charge on any atom is -0.496 e. The molecule has 108 valence electrons. The van der Waals surface area contributed by atoms with Gasteiger partial charge in [0.2, 0.25) is 0 Å². The number of aliphatic imine (C=N–C) groups is 1. The number of nitrogens with zero attached hydrogens (tertiary/aromatic N) is 1. The summed E-state index contributed by atoms with van der Waals surface area (Å²) in [4.78, 5) is 14.6. The fraction of sp³-hybridized carbons (Fsp3) is 0.500. The molecular formula is C16H27NO2. The van der Waals surface area contributed by atoms with Gasteiger partial charge in [0.1, 0.15) is 11.5 Å². The van der Waals surface area contributed by atoms with Crippen LogP contribution in [0.15, 0.2) is 23.2 Å². The highest BCUT2D eigenvalue weighted by Gasteiger charge is 2.08. The first-order valence-electron chi connectivity index (χ1n) is 6.22.